The molecule has 25 heavy (non-hydrogen) atoms. The first-order valence-corrected chi connectivity index (χ1v) is 9.04. The molecule has 3 heterocycles. The van der Waals surface area contributed by atoms with Gasteiger partial charge in [-0.05, 0) is 37.1 Å². The van der Waals surface area contributed by atoms with Crippen molar-refractivity contribution >= 4 is 17.3 Å². The van der Waals surface area contributed by atoms with Crippen LogP contribution in [0.2, 0.25) is 0 Å². The van der Waals surface area contributed by atoms with Gasteiger partial charge in [0, 0.05) is 33.8 Å². The Hall–Kier alpha value is -2.76. The van der Waals surface area contributed by atoms with Gasteiger partial charge in [0.15, 0.2) is 0 Å². The van der Waals surface area contributed by atoms with Crippen molar-refractivity contribution in [2.45, 2.75) is 35.8 Å². The highest BCUT2D eigenvalue weighted by atomic mass is 32.2. The first kappa shape index (κ1) is 15.7. The van der Waals surface area contributed by atoms with Crippen LogP contribution >= 0.6 is 11.8 Å². The lowest BCUT2D eigenvalue weighted by Gasteiger charge is -2.38. The van der Waals surface area contributed by atoms with Crippen molar-refractivity contribution in [2.24, 2.45) is 0 Å². The average molecular weight is 344 g/mol. The second-order valence-corrected chi connectivity index (χ2v) is 8.25. The van der Waals surface area contributed by atoms with E-state index in [0.717, 1.165) is 16.8 Å². The Morgan fingerprint density at radius 2 is 2.04 bits per heavy atom. The van der Waals surface area contributed by atoms with E-state index in [1.165, 1.54) is 24.2 Å². The summed E-state index contributed by atoms with van der Waals surface area (Å²) in [6, 6.07) is 12.0. The first-order chi connectivity index (χ1) is 12.1. The van der Waals surface area contributed by atoms with E-state index in [1.54, 1.807) is 12.3 Å². The maximum atomic E-state index is 9.36. The first-order valence-electron chi connectivity index (χ1n) is 8.22. The van der Waals surface area contributed by atoms with Crippen LogP contribution in [0.1, 0.15) is 37.3 Å². The maximum absolute atomic E-state index is 9.36. The van der Waals surface area contributed by atoms with Crippen LogP contribution in [0.4, 0.5) is 0 Å². The standard InChI is InChI=1S/C20H16N4S/c1-20(6-2-7-20)25-19-5-8-23-12-16(19)17-4-3-15(11-22)18-9-14(10-21)13-24(17)18/h3-5,8-9,12-13H,2,6-7H2,1H3. The molecule has 5 heteroatoms. The molecule has 0 unspecified atom stereocenters. The van der Waals surface area contributed by atoms with Gasteiger partial charge in [0.05, 0.1) is 22.3 Å². The Morgan fingerprint density at radius 3 is 2.72 bits per heavy atom. The molecule has 0 atom stereocenters. The molecular formula is C20H16N4S. The highest BCUT2D eigenvalue weighted by Crippen LogP contribution is 2.49. The molecule has 1 aliphatic rings. The number of fused-ring (bicyclic) bond motifs is 1. The number of aromatic nitrogens is 2. The Morgan fingerprint density at radius 1 is 1.20 bits per heavy atom. The molecule has 1 fully saturated rings. The summed E-state index contributed by atoms with van der Waals surface area (Å²) < 4.78 is 2.22. The van der Waals surface area contributed by atoms with Gasteiger partial charge in [-0.15, -0.1) is 11.8 Å². The van der Waals surface area contributed by atoms with E-state index in [1.807, 2.05) is 40.7 Å². The summed E-state index contributed by atoms with van der Waals surface area (Å²) in [7, 11) is 0. The summed E-state index contributed by atoms with van der Waals surface area (Å²) in [5.74, 6) is 0. The zero-order valence-electron chi connectivity index (χ0n) is 13.9. The Kier molecular flexibility index (Phi) is 3.75. The van der Waals surface area contributed by atoms with Crippen LogP contribution < -0.4 is 0 Å². The molecule has 1 aliphatic carbocycles. The summed E-state index contributed by atoms with van der Waals surface area (Å²) in [6.45, 7) is 2.31. The van der Waals surface area contributed by atoms with Crippen molar-refractivity contribution in [1.82, 2.24) is 9.38 Å². The lowest BCUT2D eigenvalue weighted by molar-refractivity contribution is 0.392. The molecule has 3 aromatic heterocycles. The highest BCUT2D eigenvalue weighted by Gasteiger charge is 2.33. The summed E-state index contributed by atoms with van der Waals surface area (Å²) in [6.07, 6.45) is 9.23. The molecule has 0 amide bonds. The molecule has 0 spiro atoms. The van der Waals surface area contributed by atoms with Gasteiger partial charge in [-0.1, -0.05) is 13.3 Å². The van der Waals surface area contributed by atoms with E-state index < -0.39 is 0 Å². The van der Waals surface area contributed by atoms with E-state index in [0.29, 0.717) is 11.1 Å². The van der Waals surface area contributed by atoms with Crippen LogP contribution in [0.25, 0.3) is 16.8 Å². The number of thioether (sulfide) groups is 1. The summed E-state index contributed by atoms with van der Waals surface area (Å²) in [5.41, 5.74) is 3.86. The number of pyridine rings is 2. The molecule has 4 nitrogen and oxygen atoms in total. The third-order valence-electron chi connectivity index (χ3n) is 4.84. The molecule has 0 N–H and O–H groups in total. The van der Waals surface area contributed by atoms with Crippen molar-refractivity contribution in [3.8, 4) is 23.4 Å². The highest BCUT2D eigenvalue weighted by molar-refractivity contribution is 8.00. The predicted molar refractivity (Wildman–Crippen MR) is 98.2 cm³/mol. The minimum atomic E-state index is 0.288. The molecule has 0 radical (unpaired) electrons. The number of rotatable bonds is 3. The van der Waals surface area contributed by atoms with Crippen molar-refractivity contribution in [1.29, 1.82) is 10.5 Å². The van der Waals surface area contributed by atoms with E-state index in [9.17, 15) is 10.5 Å². The van der Waals surface area contributed by atoms with Gasteiger partial charge < -0.3 is 4.40 Å². The van der Waals surface area contributed by atoms with Crippen LogP contribution in [-0.4, -0.2) is 14.1 Å². The minimum absolute atomic E-state index is 0.288. The fraction of sp³-hybridized carbons (Fsp3) is 0.250. The summed E-state index contributed by atoms with van der Waals surface area (Å²) >= 11 is 1.90. The number of hydrogen-bond acceptors (Lipinski definition) is 4. The molecule has 0 bridgehead atoms. The molecular weight excluding hydrogens is 328 g/mol. The SMILES string of the molecule is CC1(Sc2ccncc2-c2ccc(C#N)c3cc(C#N)cn23)CCC1. The lowest BCUT2D eigenvalue weighted by atomic mass is 9.86. The number of nitriles is 2. The van der Waals surface area contributed by atoms with Crippen LogP contribution in [0.5, 0.6) is 0 Å². The quantitative estimate of drug-likeness (QED) is 0.686. The molecule has 0 aliphatic heterocycles. The Labute approximate surface area is 150 Å². The van der Waals surface area contributed by atoms with Gasteiger partial charge >= 0.3 is 0 Å². The van der Waals surface area contributed by atoms with E-state index in [4.69, 9.17) is 0 Å². The fourth-order valence-corrected chi connectivity index (χ4v) is 4.70. The zero-order chi connectivity index (χ0) is 17.4. The van der Waals surface area contributed by atoms with Gasteiger partial charge in [-0.2, -0.15) is 10.5 Å². The van der Waals surface area contributed by atoms with Gasteiger partial charge in [0.2, 0.25) is 0 Å². The van der Waals surface area contributed by atoms with Gasteiger partial charge in [-0.25, -0.2) is 0 Å². The topological polar surface area (TPSA) is 64.9 Å². The largest absolute Gasteiger partial charge is 0.314 e. The van der Waals surface area contributed by atoms with Crippen molar-refractivity contribution in [2.75, 3.05) is 0 Å². The molecule has 3 aromatic rings. The van der Waals surface area contributed by atoms with Gasteiger partial charge in [0.25, 0.3) is 0 Å². The van der Waals surface area contributed by atoms with Gasteiger partial charge in [-0.3, -0.25) is 4.98 Å². The third kappa shape index (κ3) is 2.67. The van der Waals surface area contributed by atoms with Crippen molar-refractivity contribution in [3.63, 3.8) is 0 Å². The molecule has 1 saturated carbocycles. The number of nitrogens with zero attached hydrogens (tertiary/aromatic N) is 4. The predicted octanol–water partition coefficient (Wildman–Crippen LogP) is 4.78. The Bertz CT molecular complexity index is 1050. The lowest BCUT2D eigenvalue weighted by Crippen LogP contribution is -2.28. The van der Waals surface area contributed by atoms with Crippen LogP contribution in [0, 0.1) is 22.7 Å². The Balaban J connectivity index is 1.90. The second-order valence-electron chi connectivity index (χ2n) is 6.62. The van der Waals surface area contributed by atoms with Crippen molar-refractivity contribution < 1.29 is 0 Å². The van der Waals surface area contributed by atoms with E-state index >= 15 is 0 Å². The smallest absolute Gasteiger partial charge is 0.101 e. The van der Waals surface area contributed by atoms with Crippen LogP contribution in [0.15, 0.2) is 47.8 Å². The van der Waals surface area contributed by atoms with Gasteiger partial charge in [0.1, 0.15) is 12.1 Å². The molecule has 122 valence electrons. The fourth-order valence-electron chi connectivity index (χ4n) is 3.28. The summed E-state index contributed by atoms with van der Waals surface area (Å²) in [5, 5.41) is 18.6. The van der Waals surface area contributed by atoms with Crippen molar-refractivity contribution in [3.05, 3.63) is 54.0 Å². The van der Waals surface area contributed by atoms with E-state index in [-0.39, 0.29) is 4.75 Å². The minimum Gasteiger partial charge on any atom is -0.314 e. The third-order valence-corrected chi connectivity index (χ3v) is 6.31. The zero-order valence-corrected chi connectivity index (χ0v) is 14.7. The molecule has 4 rings (SSSR count). The monoisotopic (exact) mass is 344 g/mol. The maximum Gasteiger partial charge on any atom is 0.101 e. The number of hydrogen-bond donors (Lipinski definition) is 0. The average Bonchev–Trinajstić information content (AvgIpc) is 3.04. The molecule has 0 aromatic carbocycles. The van der Waals surface area contributed by atoms with Crippen LogP contribution in [-0.2, 0) is 0 Å². The normalized spacial score (nSPS) is 15.3. The second kappa shape index (κ2) is 5.95. The summed E-state index contributed by atoms with van der Waals surface area (Å²) in [4.78, 5) is 5.51. The van der Waals surface area contributed by atoms with Crippen LogP contribution in [0.3, 0.4) is 0 Å². The molecule has 0 saturated heterocycles. The van der Waals surface area contributed by atoms with E-state index in [2.05, 4.69) is 30.1 Å².